The molecular weight excluding hydrogens is 453 g/mol. The largest absolute Gasteiger partial charge is 0.336 e. The fourth-order valence-corrected chi connectivity index (χ4v) is 3.64. The molecule has 8 heteroatoms. The third kappa shape index (κ3) is 5.23. The van der Waals surface area contributed by atoms with Gasteiger partial charge in [0.2, 0.25) is 5.91 Å². The molecule has 0 spiro atoms. The van der Waals surface area contributed by atoms with Gasteiger partial charge in [-0.05, 0) is 30.3 Å². The van der Waals surface area contributed by atoms with Crippen LogP contribution < -0.4 is 5.32 Å². The zero-order chi connectivity index (χ0) is 19.4. The van der Waals surface area contributed by atoms with E-state index in [-0.39, 0.29) is 18.4 Å². The lowest BCUT2D eigenvalue weighted by molar-refractivity contribution is -0.117. The SMILES string of the molecule is O=C(CN1CCN(C(=O)c2cc(Br)ccc2Cl)CC1)Nc1ccccc1Cl. The molecule has 1 saturated heterocycles. The summed E-state index contributed by atoms with van der Waals surface area (Å²) in [6.07, 6.45) is 0. The van der Waals surface area contributed by atoms with Gasteiger partial charge in [0.15, 0.2) is 0 Å². The second-order valence-electron chi connectivity index (χ2n) is 6.22. The molecule has 0 aromatic heterocycles. The summed E-state index contributed by atoms with van der Waals surface area (Å²) in [4.78, 5) is 28.7. The van der Waals surface area contributed by atoms with E-state index in [2.05, 4.69) is 21.2 Å². The van der Waals surface area contributed by atoms with Crippen molar-refractivity contribution in [3.05, 3.63) is 62.5 Å². The first kappa shape index (κ1) is 20.1. The lowest BCUT2D eigenvalue weighted by atomic mass is 10.2. The van der Waals surface area contributed by atoms with Crippen LogP contribution in [0.3, 0.4) is 0 Å². The second kappa shape index (κ2) is 9.06. The van der Waals surface area contributed by atoms with E-state index in [1.54, 1.807) is 35.2 Å². The molecule has 1 N–H and O–H groups in total. The van der Waals surface area contributed by atoms with Crippen LogP contribution in [0, 0.1) is 0 Å². The number of benzene rings is 2. The zero-order valence-corrected chi connectivity index (χ0v) is 17.5. The van der Waals surface area contributed by atoms with Gasteiger partial charge in [0.25, 0.3) is 5.91 Å². The number of rotatable bonds is 4. The monoisotopic (exact) mass is 469 g/mol. The van der Waals surface area contributed by atoms with Crippen molar-refractivity contribution in [2.45, 2.75) is 0 Å². The quantitative estimate of drug-likeness (QED) is 0.730. The second-order valence-corrected chi connectivity index (χ2v) is 7.95. The average molecular weight is 471 g/mol. The molecule has 142 valence electrons. The summed E-state index contributed by atoms with van der Waals surface area (Å²) in [6.45, 7) is 2.58. The van der Waals surface area contributed by atoms with Gasteiger partial charge < -0.3 is 10.2 Å². The highest BCUT2D eigenvalue weighted by Gasteiger charge is 2.24. The minimum atomic E-state index is -0.127. The van der Waals surface area contributed by atoms with E-state index < -0.39 is 0 Å². The first-order valence-corrected chi connectivity index (χ1v) is 10.00. The van der Waals surface area contributed by atoms with Crippen LogP contribution in [0.15, 0.2) is 46.9 Å². The first-order valence-electron chi connectivity index (χ1n) is 8.45. The highest BCUT2D eigenvalue weighted by molar-refractivity contribution is 9.10. The van der Waals surface area contributed by atoms with Gasteiger partial charge in [0, 0.05) is 30.7 Å². The van der Waals surface area contributed by atoms with E-state index in [4.69, 9.17) is 23.2 Å². The molecule has 1 fully saturated rings. The molecule has 1 aliphatic rings. The Kier molecular flexibility index (Phi) is 6.76. The summed E-state index contributed by atoms with van der Waals surface area (Å²) in [7, 11) is 0. The van der Waals surface area contributed by atoms with Crippen LogP contribution >= 0.6 is 39.1 Å². The minimum Gasteiger partial charge on any atom is -0.336 e. The van der Waals surface area contributed by atoms with Gasteiger partial charge >= 0.3 is 0 Å². The van der Waals surface area contributed by atoms with Crippen LogP contribution in [-0.2, 0) is 4.79 Å². The number of nitrogens with one attached hydrogen (secondary N) is 1. The molecule has 27 heavy (non-hydrogen) atoms. The van der Waals surface area contributed by atoms with Crippen LogP contribution in [0.25, 0.3) is 0 Å². The number of carbonyl (C=O) groups excluding carboxylic acids is 2. The first-order chi connectivity index (χ1) is 12.9. The molecule has 5 nitrogen and oxygen atoms in total. The average Bonchev–Trinajstić information content (AvgIpc) is 2.65. The number of para-hydroxylation sites is 1. The van der Waals surface area contributed by atoms with Gasteiger partial charge in [0.05, 0.1) is 27.8 Å². The number of carbonyl (C=O) groups is 2. The summed E-state index contributed by atoms with van der Waals surface area (Å²) in [5.41, 5.74) is 1.08. The number of nitrogens with zero attached hydrogens (tertiary/aromatic N) is 2. The number of anilines is 1. The molecule has 1 heterocycles. The standard InChI is InChI=1S/C19H18BrCl2N3O2/c20-13-5-6-15(21)14(11-13)19(27)25-9-7-24(8-10-25)12-18(26)23-17-4-2-1-3-16(17)22/h1-6,11H,7-10,12H2,(H,23,26). The van der Waals surface area contributed by atoms with E-state index in [9.17, 15) is 9.59 Å². The Morgan fingerprint density at radius 2 is 1.70 bits per heavy atom. The van der Waals surface area contributed by atoms with Crippen LogP contribution in [0.1, 0.15) is 10.4 Å². The predicted octanol–water partition coefficient (Wildman–Crippen LogP) is 4.15. The van der Waals surface area contributed by atoms with Gasteiger partial charge in [-0.2, -0.15) is 0 Å². The molecule has 0 radical (unpaired) electrons. The molecule has 0 atom stereocenters. The third-order valence-corrected chi connectivity index (χ3v) is 5.49. The van der Waals surface area contributed by atoms with E-state index in [0.29, 0.717) is 47.5 Å². The van der Waals surface area contributed by atoms with Gasteiger partial charge in [-0.1, -0.05) is 51.3 Å². The Hall–Kier alpha value is -1.60. The highest BCUT2D eigenvalue weighted by atomic mass is 79.9. The van der Waals surface area contributed by atoms with Gasteiger partial charge in [-0.25, -0.2) is 0 Å². The predicted molar refractivity (Wildman–Crippen MR) is 112 cm³/mol. The van der Waals surface area contributed by atoms with Crippen molar-refractivity contribution < 1.29 is 9.59 Å². The topological polar surface area (TPSA) is 52.7 Å². The molecule has 2 amide bonds. The molecular formula is C19H18BrCl2N3O2. The molecule has 0 saturated carbocycles. The van der Waals surface area contributed by atoms with Crippen molar-refractivity contribution in [1.82, 2.24) is 9.80 Å². The summed E-state index contributed by atoms with van der Waals surface area (Å²) in [6, 6.07) is 12.4. The smallest absolute Gasteiger partial charge is 0.255 e. The highest BCUT2D eigenvalue weighted by Crippen LogP contribution is 2.23. The van der Waals surface area contributed by atoms with E-state index >= 15 is 0 Å². The number of halogens is 3. The maximum atomic E-state index is 12.7. The minimum absolute atomic E-state index is 0.0959. The number of hydrogen-bond acceptors (Lipinski definition) is 3. The number of piperazine rings is 1. The van der Waals surface area contributed by atoms with Crippen LogP contribution in [0.4, 0.5) is 5.69 Å². The Labute approximate surface area is 176 Å². The number of hydrogen-bond donors (Lipinski definition) is 1. The molecule has 2 aromatic rings. The van der Waals surface area contributed by atoms with Crippen molar-refractivity contribution in [2.75, 3.05) is 38.0 Å². The van der Waals surface area contributed by atoms with Gasteiger partial charge in [-0.3, -0.25) is 14.5 Å². The summed E-state index contributed by atoms with van der Waals surface area (Å²) in [5, 5.41) is 3.76. The normalized spacial score (nSPS) is 14.9. The maximum absolute atomic E-state index is 12.7. The van der Waals surface area contributed by atoms with Crippen molar-refractivity contribution in [1.29, 1.82) is 0 Å². The van der Waals surface area contributed by atoms with E-state index in [1.165, 1.54) is 0 Å². The zero-order valence-electron chi connectivity index (χ0n) is 14.4. The summed E-state index contributed by atoms with van der Waals surface area (Å²) >= 11 is 15.6. The van der Waals surface area contributed by atoms with Crippen molar-refractivity contribution >= 4 is 56.6 Å². The Balaban J connectivity index is 1.53. The number of amides is 2. The Bertz CT molecular complexity index is 855. The van der Waals surface area contributed by atoms with Gasteiger partial charge in [-0.15, -0.1) is 0 Å². The van der Waals surface area contributed by atoms with Gasteiger partial charge in [0.1, 0.15) is 0 Å². The molecule has 3 rings (SSSR count). The van der Waals surface area contributed by atoms with Crippen LogP contribution in [0.2, 0.25) is 10.0 Å². The maximum Gasteiger partial charge on any atom is 0.255 e. The van der Waals surface area contributed by atoms with Crippen LogP contribution in [-0.4, -0.2) is 54.3 Å². The Morgan fingerprint density at radius 1 is 1.00 bits per heavy atom. The summed E-state index contributed by atoms with van der Waals surface area (Å²) < 4.78 is 0.810. The van der Waals surface area contributed by atoms with E-state index in [1.807, 2.05) is 17.0 Å². The lowest BCUT2D eigenvalue weighted by Gasteiger charge is -2.34. The third-order valence-electron chi connectivity index (χ3n) is 4.33. The lowest BCUT2D eigenvalue weighted by Crippen LogP contribution is -2.50. The van der Waals surface area contributed by atoms with Crippen LogP contribution in [0.5, 0.6) is 0 Å². The van der Waals surface area contributed by atoms with Crippen molar-refractivity contribution in [2.24, 2.45) is 0 Å². The molecule has 1 aliphatic heterocycles. The Morgan fingerprint density at radius 3 is 2.41 bits per heavy atom. The fourth-order valence-electron chi connectivity index (χ4n) is 2.90. The van der Waals surface area contributed by atoms with Crippen molar-refractivity contribution in [3.63, 3.8) is 0 Å². The summed E-state index contributed by atoms with van der Waals surface area (Å²) in [5.74, 6) is -0.223. The fraction of sp³-hybridized carbons (Fsp3) is 0.263. The molecule has 2 aromatic carbocycles. The molecule has 0 unspecified atom stereocenters. The van der Waals surface area contributed by atoms with Crippen molar-refractivity contribution in [3.8, 4) is 0 Å². The van der Waals surface area contributed by atoms with E-state index in [0.717, 1.165) is 4.47 Å². The molecule has 0 bridgehead atoms. The molecule has 0 aliphatic carbocycles.